The van der Waals surface area contributed by atoms with Crippen LogP contribution in [0.15, 0.2) is 61.1 Å². The van der Waals surface area contributed by atoms with Gasteiger partial charge in [0.2, 0.25) is 16.0 Å². The van der Waals surface area contributed by atoms with Crippen molar-refractivity contribution in [3.63, 3.8) is 0 Å². The van der Waals surface area contributed by atoms with Crippen LogP contribution < -0.4 is 19.8 Å². The van der Waals surface area contributed by atoms with E-state index in [4.69, 9.17) is 4.98 Å². The van der Waals surface area contributed by atoms with Crippen LogP contribution in [0.5, 0.6) is 0 Å². The van der Waals surface area contributed by atoms with Crippen molar-refractivity contribution in [3.05, 3.63) is 66.6 Å². The van der Waals surface area contributed by atoms with Crippen molar-refractivity contribution in [3.8, 4) is 0 Å². The zero-order valence-corrected chi connectivity index (χ0v) is 21.5. The molecule has 0 amide bonds. The second-order valence-electron chi connectivity index (χ2n) is 9.60. The van der Waals surface area contributed by atoms with Gasteiger partial charge in [-0.3, -0.25) is 4.31 Å². The van der Waals surface area contributed by atoms with Crippen LogP contribution in [-0.2, 0) is 16.6 Å². The van der Waals surface area contributed by atoms with Crippen molar-refractivity contribution in [2.24, 2.45) is 0 Å². The van der Waals surface area contributed by atoms with E-state index in [9.17, 15) is 8.42 Å². The summed E-state index contributed by atoms with van der Waals surface area (Å²) in [5.74, 6) is 0.996. The highest BCUT2D eigenvalue weighted by Crippen LogP contribution is 2.35. The number of hydrogen-bond acceptors (Lipinski definition) is 8. The van der Waals surface area contributed by atoms with E-state index in [0.29, 0.717) is 18.3 Å². The summed E-state index contributed by atoms with van der Waals surface area (Å²) < 4.78 is 28.6. The maximum Gasteiger partial charge on any atom is 0.233 e. The Morgan fingerprint density at radius 2 is 1.86 bits per heavy atom. The lowest BCUT2D eigenvalue weighted by molar-refractivity contribution is 0.589. The molecule has 11 heteroatoms. The standard InChI is InChI=1S/C26H30N8O2S/c1-37(35,36)34(23-8-9-23)24-20(3-2-11-28-24)18-33-14-10-19-17-29-26(31-25(19)33)30-21-4-6-22(7-5-21)32-15-12-27-13-16-32/h2-7,10-11,14,17,23,27H,8-9,12-13,15-16,18H2,1H3,(H,29,30,31). The lowest BCUT2D eigenvalue weighted by Crippen LogP contribution is -2.43. The van der Waals surface area contributed by atoms with Crippen molar-refractivity contribution in [2.75, 3.05) is 47.0 Å². The molecule has 1 aliphatic carbocycles. The lowest BCUT2D eigenvalue weighted by atomic mass is 10.2. The highest BCUT2D eigenvalue weighted by atomic mass is 32.2. The third-order valence-corrected chi connectivity index (χ3v) is 7.95. The minimum absolute atomic E-state index is 0.0128. The van der Waals surface area contributed by atoms with Crippen LogP contribution in [0.1, 0.15) is 18.4 Å². The highest BCUT2D eigenvalue weighted by Gasteiger charge is 2.37. The van der Waals surface area contributed by atoms with Gasteiger partial charge in [0, 0.05) is 73.1 Å². The van der Waals surface area contributed by atoms with Crippen LogP contribution in [-0.4, -0.2) is 66.4 Å². The van der Waals surface area contributed by atoms with Crippen LogP contribution in [0.2, 0.25) is 0 Å². The molecule has 37 heavy (non-hydrogen) atoms. The van der Waals surface area contributed by atoms with Gasteiger partial charge in [-0.15, -0.1) is 0 Å². The van der Waals surface area contributed by atoms with Crippen molar-refractivity contribution in [2.45, 2.75) is 25.4 Å². The fourth-order valence-corrected chi connectivity index (χ4v) is 6.04. The predicted octanol–water partition coefficient (Wildman–Crippen LogP) is 2.96. The molecule has 0 spiro atoms. The Morgan fingerprint density at radius 1 is 1.08 bits per heavy atom. The molecule has 192 valence electrons. The summed E-state index contributed by atoms with van der Waals surface area (Å²) in [7, 11) is -3.43. The Bertz CT molecular complexity index is 1510. The molecule has 10 nitrogen and oxygen atoms in total. The van der Waals surface area contributed by atoms with Gasteiger partial charge < -0.3 is 20.1 Å². The highest BCUT2D eigenvalue weighted by molar-refractivity contribution is 7.92. The van der Waals surface area contributed by atoms with E-state index in [-0.39, 0.29) is 6.04 Å². The largest absolute Gasteiger partial charge is 0.369 e. The third-order valence-electron chi connectivity index (χ3n) is 6.76. The van der Waals surface area contributed by atoms with Gasteiger partial charge in [-0.05, 0) is 49.2 Å². The number of fused-ring (bicyclic) bond motifs is 1. The van der Waals surface area contributed by atoms with Gasteiger partial charge in [-0.25, -0.2) is 18.4 Å². The van der Waals surface area contributed by atoms with Crippen molar-refractivity contribution in [1.29, 1.82) is 0 Å². The Morgan fingerprint density at radius 3 is 2.59 bits per heavy atom. The molecule has 4 heterocycles. The average molecular weight is 519 g/mol. The average Bonchev–Trinajstić information content (AvgIpc) is 3.65. The first kappa shape index (κ1) is 23.7. The number of aromatic nitrogens is 4. The molecular weight excluding hydrogens is 488 g/mol. The third kappa shape index (κ3) is 5.09. The van der Waals surface area contributed by atoms with Gasteiger partial charge in [0.1, 0.15) is 11.5 Å². The minimum Gasteiger partial charge on any atom is -0.369 e. The molecule has 1 saturated heterocycles. The van der Waals surface area contributed by atoms with Gasteiger partial charge in [-0.1, -0.05) is 6.07 Å². The molecule has 0 atom stereocenters. The van der Waals surface area contributed by atoms with E-state index < -0.39 is 10.0 Å². The Balaban J connectivity index is 1.24. The van der Waals surface area contributed by atoms with Gasteiger partial charge in [0.15, 0.2) is 0 Å². The molecular formula is C26H30N8O2S. The number of sulfonamides is 1. The van der Waals surface area contributed by atoms with E-state index in [2.05, 4.69) is 37.6 Å². The number of hydrogen-bond donors (Lipinski definition) is 2. The van der Waals surface area contributed by atoms with E-state index in [0.717, 1.165) is 61.3 Å². The summed E-state index contributed by atoms with van der Waals surface area (Å²) >= 11 is 0. The fraction of sp³-hybridized carbons (Fsp3) is 0.346. The van der Waals surface area contributed by atoms with Gasteiger partial charge in [0.05, 0.1) is 12.8 Å². The SMILES string of the molecule is CS(=O)(=O)N(c1ncccc1Cn1ccc2cnc(Nc3ccc(N4CCNCC4)cc3)nc21)C1CC1. The predicted molar refractivity (Wildman–Crippen MR) is 146 cm³/mol. The molecule has 0 unspecified atom stereocenters. The summed E-state index contributed by atoms with van der Waals surface area (Å²) in [4.78, 5) is 16.1. The molecule has 0 bridgehead atoms. The van der Waals surface area contributed by atoms with Crippen LogP contribution in [0.25, 0.3) is 11.0 Å². The van der Waals surface area contributed by atoms with Gasteiger partial charge in [-0.2, -0.15) is 4.98 Å². The lowest BCUT2D eigenvalue weighted by Gasteiger charge is -2.29. The van der Waals surface area contributed by atoms with Crippen LogP contribution in [0.4, 0.5) is 23.1 Å². The second kappa shape index (κ2) is 9.64. The summed E-state index contributed by atoms with van der Waals surface area (Å²) in [5, 5.41) is 7.60. The van der Waals surface area contributed by atoms with Crippen molar-refractivity contribution >= 4 is 44.2 Å². The number of nitrogens with zero attached hydrogens (tertiary/aromatic N) is 6. The zero-order valence-electron chi connectivity index (χ0n) is 20.7. The number of benzene rings is 1. The fourth-order valence-electron chi connectivity index (χ4n) is 4.81. The van der Waals surface area contributed by atoms with Crippen LogP contribution in [0.3, 0.4) is 0 Å². The zero-order chi connectivity index (χ0) is 25.4. The molecule has 0 radical (unpaired) electrons. The Kier molecular flexibility index (Phi) is 6.17. The number of piperazine rings is 1. The monoisotopic (exact) mass is 518 g/mol. The summed E-state index contributed by atoms with van der Waals surface area (Å²) in [5.41, 5.74) is 3.72. The summed E-state index contributed by atoms with van der Waals surface area (Å²) in [6.07, 6.45) is 8.35. The van der Waals surface area contributed by atoms with E-state index in [1.54, 1.807) is 12.4 Å². The number of anilines is 4. The van der Waals surface area contributed by atoms with Crippen molar-refractivity contribution in [1.82, 2.24) is 24.8 Å². The molecule has 1 aromatic carbocycles. The summed E-state index contributed by atoms with van der Waals surface area (Å²) in [6.45, 7) is 4.46. The smallest absolute Gasteiger partial charge is 0.233 e. The summed E-state index contributed by atoms with van der Waals surface area (Å²) in [6, 6.07) is 14.0. The molecule has 1 aliphatic heterocycles. The van der Waals surface area contributed by atoms with Crippen molar-refractivity contribution < 1.29 is 8.42 Å². The molecule has 1 saturated carbocycles. The first-order chi connectivity index (χ1) is 18.0. The maximum atomic E-state index is 12.6. The Hall–Kier alpha value is -3.70. The molecule has 2 aliphatic rings. The molecule has 2 fully saturated rings. The first-order valence-electron chi connectivity index (χ1n) is 12.5. The second-order valence-corrected chi connectivity index (χ2v) is 11.5. The van der Waals surface area contributed by atoms with Gasteiger partial charge in [0.25, 0.3) is 0 Å². The van der Waals surface area contributed by atoms with Crippen LogP contribution in [0, 0.1) is 0 Å². The minimum atomic E-state index is -3.43. The maximum absolute atomic E-state index is 12.6. The Labute approximate surface area is 216 Å². The van der Waals surface area contributed by atoms with E-state index in [1.165, 1.54) is 16.2 Å². The normalized spacial score (nSPS) is 16.2. The molecule has 6 rings (SSSR count). The van der Waals surface area contributed by atoms with E-state index in [1.807, 2.05) is 41.1 Å². The number of nitrogens with one attached hydrogen (secondary N) is 2. The first-order valence-corrected chi connectivity index (χ1v) is 14.4. The quantitative estimate of drug-likeness (QED) is 0.367. The number of pyridine rings is 1. The number of rotatable bonds is 8. The van der Waals surface area contributed by atoms with Crippen LogP contribution >= 0.6 is 0 Å². The van der Waals surface area contributed by atoms with Gasteiger partial charge >= 0.3 is 0 Å². The topological polar surface area (TPSA) is 108 Å². The molecule has 4 aromatic rings. The van der Waals surface area contributed by atoms with E-state index >= 15 is 0 Å². The molecule has 2 N–H and O–H groups in total. The molecule has 3 aromatic heterocycles.